The minimum atomic E-state index is -0.202. The number of hydrogen-bond acceptors (Lipinski definition) is 8. The van der Waals surface area contributed by atoms with Gasteiger partial charge in [0.2, 0.25) is 5.95 Å². The summed E-state index contributed by atoms with van der Waals surface area (Å²) in [4.78, 5) is 33.4. The van der Waals surface area contributed by atoms with E-state index < -0.39 is 0 Å². The molecular formula is C19H22N6O2S. The van der Waals surface area contributed by atoms with Gasteiger partial charge in [0.1, 0.15) is 5.76 Å². The summed E-state index contributed by atoms with van der Waals surface area (Å²) < 4.78 is 5.35. The molecule has 0 spiro atoms. The Morgan fingerprint density at radius 2 is 2.07 bits per heavy atom. The SMILES string of the molecule is Cc1nc(C(=O)NC2CCN(c3nccc(-c4sc(C)nc4C)n3)C2)c(C)o1. The fourth-order valence-electron chi connectivity index (χ4n) is 3.45. The molecule has 0 aliphatic carbocycles. The van der Waals surface area contributed by atoms with Crippen LogP contribution in [0.3, 0.4) is 0 Å². The predicted octanol–water partition coefficient (Wildman–Crippen LogP) is 2.83. The number of aromatic nitrogens is 4. The molecule has 1 amide bonds. The zero-order valence-electron chi connectivity index (χ0n) is 16.3. The van der Waals surface area contributed by atoms with Gasteiger partial charge in [0.05, 0.1) is 21.3 Å². The van der Waals surface area contributed by atoms with Gasteiger partial charge in [-0.05, 0) is 33.3 Å². The Kier molecular flexibility index (Phi) is 4.84. The minimum absolute atomic E-state index is 0.0172. The van der Waals surface area contributed by atoms with Gasteiger partial charge in [-0.2, -0.15) is 0 Å². The van der Waals surface area contributed by atoms with Crippen molar-refractivity contribution in [3.05, 3.63) is 40.3 Å². The second kappa shape index (κ2) is 7.31. The summed E-state index contributed by atoms with van der Waals surface area (Å²) in [7, 11) is 0. The van der Waals surface area contributed by atoms with Crippen molar-refractivity contribution in [1.82, 2.24) is 25.3 Å². The molecule has 4 heterocycles. The number of oxazole rings is 1. The number of aryl methyl sites for hydroxylation is 4. The molecule has 1 N–H and O–H groups in total. The molecule has 28 heavy (non-hydrogen) atoms. The summed E-state index contributed by atoms with van der Waals surface area (Å²) in [6, 6.07) is 1.93. The first kappa shape index (κ1) is 18.5. The number of nitrogens with zero attached hydrogens (tertiary/aromatic N) is 5. The normalized spacial score (nSPS) is 16.6. The van der Waals surface area contributed by atoms with Gasteiger partial charge in [0, 0.05) is 32.3 Å². The molecule has 1 atom stereocenters. The van der Waals surface area contributed by atoms with Crippen LogP contribution in [0.5, 0.6) is 0 Å². The number of rotatable bonds is 4. The van der Waals surface area contributed by atoms with Crippen LogP contribution in [0.2, 0.25) is 0 Å². The lowest BCUT2D eigenvalue weighted by Crippen LogP contribution is -2.37. The van der Waals surface area contributed by atoms with E-state index in [-0.39, 0.29) is 11.9 Å². The molecule has 0 bridgehead atoms. The highest BCUT2D eigenvalue weighted by atomic mass is 32.1. The van der Waals surface area contributed by atoms with Gasteiger partial charge < -0.3 is 14.6 Å². The van der Waals surface area contributed by atoms with Crippen LogP contribution in [-0.4, -0.2) is 45.0 Å². The van der Waals surface area contributed by atoms with Crippen LogP contribution >= 0.6 is 11.3 Å². The van der Waals surface area contributed by atoms with Gasteiger partial charge in [-0.3, -0.25) is 4.79 Å². The van der Waals surface area contributed by atoms with Gasteiger partial charge in [-0.15, -0.1) is 11.3 Å². The molecule has 8 nitrogen and oxygen atoms in total. The molecule has 4 rings (SSSR count). The lowest BCUT2D eigenvalue weighted by atomic mass is 10.2. The van der Waals surface area contributed by atoms with Crippen LogP contribution in [0.4, 0.5) is 5.95 Å². The van der Waals surface area contributed by atoms with Crippen molar-refractivity contribution < 1.29 is 9.21 Å². The van der Waals surface area contributed by atoms with Crippen LogP contribution in [0.25, 0.3) is 10.6 Å². The van der Waals surface area contributed by atoms with Gasteiger partial charge in [0.25, 0.3) is 5.91 Å². The van der Waals surface area contributed by atoms with Crippen molar-refractivity contribution in [3.63, 3.8) is 0 Å². The predicted molar refractivity (Wildman–Crippen MR) is 107 cm³/mol. The Labute approximate surface area is 167 Å². The quantitative estimate of drug-likeness (QED) is 0.722. The first-order valence-electron chi connectivity index (χ1n) is 9.18. The number of nitrogens with one attached hydrogen (secondary N) is 1. The van der Waals surface area contributed by atoms with E-state index in [0.29, 0.717) is 29.8 Å². The van der Waals surface area contributed by atoms with Crippen molar-refractivity contribution in [3.8, 4) is 10.6 Å². The van der Waals surface area contributed by atoms with E-state index in [9.17, 15) is 4.79 Å². The van der Waals surface area contributed by atoms with E-state index in [1.807, 2.05) is 19.9 Å². The summed E-state index contributed by atoms with van der Waals surface area (Å²) in [5, 5.41) is 4.06. The zero-order valence-corrected chi connectivity index (χ0v) is 17.1. The van der Waals surface area contributed by atoms with Crippen LogP contribution in [0, 0.1) is 27.7 Å². The molecule has 1 aliphatic rings. The molecule has 0 aromatic carbocycles. The number of carbonyl (C=O) groups is 1. The Bertz CT molecular complexity index is 1030. The fourth-order valence-corrected chi connectivity index (χ4v) is 4.34. The molecule has 1 fully saturated rings. The number of hydrogen-bond donors (Lipinski definition) is 1. The maximum atomic E-state index is 12.5. The van der Waals surface area contributed by atoms with E-state index >= 15 is 0 Å². The number of thiazole rings is 1. The maximum Gasteiger partial charge on any atom is 0.273 e. The summed E-state index contributed by atoms with van der Waals surface area (Å²) in [6.07, 6.45) is 2.60. The molecule has 1 saturated heterocycles. The standard InChI is InChI=1S/C19H22N6O2S/c1-10-17(28-13(4)21-10)15-5-7-20-19(24-15)25-8-6-14(9-25)23-18(26)16-11(2)27-12(3)22-16/h5,7,14H,6,8-9H2,1-4H3,(H,23,26). The summed E-state index contributed by atoms with van der Waals surface area (Å²) in [5.41, 5.74) is 2.22. The van der Waals surface area contributed by atoms with Crippen LogP contribution < -0.4 is 10.2 Å². The van der Waals surface area contributed by atoms with Crippen molar-refractivity contribution in [2.75, 3.05) is 18.0 Å². The van der Waals surface area contributed by atoms with E-state index in [1.165, 1.54) is 0 Å². The highest BCUT2D eigenvalue weighted by Crippen LogP contribution is 2.29. The zero-order chi connectivity index (χ0) is 19.8. The van der Waals surface area contributed by atoms with E-state index in [0.717, 1.165) is 34.2 Å². The first-order chi connectivity index (χ1) is 13.4. The number of amides is 1. The topological polar surface area (TPSA) is 97.0 Å². The monoisotopic (exact) mass is 398 g/mol. The van der Waals surface area contributed by atoms with E-state index in [1.54, 1.807) is 31.4 Å². The second-order valence-corrected chi connectivity index (χ2v) is 8.14. The number of carbonyl (C=O) groups excluding carboxylic acids is 1. The molecule has 1 aliphatic heterocycles. The average Bonchev–Trinajstić information content (AvgIpc) is 3.34. The van der Waals surface area contributed by atoms with Crippen molar-refractivity contribution >= 4 is 23.2 Å². The Morgan fingerprint density at radius 1 is 1.25 bits per heavy atom. The van der Waals surface area contributed by atoms with Gasteiger partial charge in [0.15, 0.2) is 11.6 Å². The van der Waals surface area contributed by atoms with Gasteiger partial charge >= 0.3 is 0 Å². The molecule has 0 saturated carbocycles. The average molecular weight is 398 g/mol. The van der Waals surface area contributed by atoms with Crippen molar-refractivity contribution in [2.45, 2.75) is 40.2 Å². The molecule has 146 valence electrons. The fraction of sp³-hybridized carbons (Fsp3) is 0.421. The van der Waals surface area contributed by atoms with Crippen molar-refractivity contribution in [1.29, 1.82) is 0 Å². The Hall–Kier alpha value is -2.81. The van der Waals surface area contributed by atoms with E-state index in [4.69, 9.17) is 9.40 Å². The molecular weight excluding hydrogens is 376 g/mol. The van der Waals surface area contributed by atoms with Crippen LogP contribution in [0.15, 0.2) is 16.7 Å². The lowest BCUT2D eigenvalue weighted by molar-refractivity contribution is 0.0934. The Balaban J connectivity index is 1.46. The second-order valence-electron chi connectivity index (χ2n) is 6.93. The smallest absolute Gasteiger partial charge is 0.273 e. The summed E-state index contributed by atoms with van der Waals surface area (Å²) in [6.45, 7) is 8.92. The molecule has 3 aromatic rings. The highest BCUT2D eigenvalue weighted by molar-refractivity contribution is 7.15. The first-order valence-corrected chi connectivity index (χ1v) is 9.99. The molecule has 0 radical (unpaired) electrons. The van der Waals surface area contributed by atoms with Gasteiger partial charge in [-0.1, -0.05) is 0 Å². The molecule has 1 unspecified atom stereocenters. The third-order valence-corrected chi connectivity index (χ3v) is 5.80. The van der Waals surface area contributed by atoms with Crippen LogP contribution in [0.1, 0.15) is 39.3 Å². The summed E-state index contributed by atoms with van der Waals surface area (Å²) >= 11 is 1.64. The number of anilines is 1. The third kappa shape index (κ3) is 3.62. The highest BCUT2D eigenvalue weighted by Gasteiger charge is 2.28. The maximum absolute atomic E-state index is 12.5. The Morgan fingerprint density at radius 3 is 2.75 bits per heavy atom. The van der Waals surface area contributed by atoms with Gasteiger partial charge in [-0.25, -0.2) is 19.9 Å². The van der Waals surface area contributed by atoms with Crippen molar-refractivity contribution in [2.24, 2.45) is 0 Å². The lowest BCUT2D eigenvalue weighted by Gasteiger charge is -2.17. The summed E-state index contributed by atoms with van der Waals surface area (Å²) in [5.74, 6) is 1.51. The largest absolute Gasteiger partial charge is 0.445 e. The van der Waals surface area contributed by atoms with E-state index in [2.05, 4.69) is 25.2 Å². The van der Waals surface area contributed by atoms with Crippen LogP contribution in [-0.2, 0) is 0 Å². The molecule has 9 heteroatoms. The molecule has 3 aromatic heterocycles. The third-order valence-electron chi connectivity index (χ3n) is 4.70. The minimum Gasteiger partial charge on any atom is -0.445 e.